The van der Waals surface area contributed by atoms with Gasteiger partial charge in [0.2, 0.25) is 5.88 Å². The number of benzene rings is 1. The second-order valence-corrected chi connectivity index (χ2v) is 11.1. The molecule has 0 radical (unpaired) electrons. The van der Waals surface area contributed by atoms with Crippen LogP contribution in [-0.4, -0.2) is 55.4 Å². The zero-order chi connectivity index (χ0) is 24.2. The van der Waals surface area contributed by atoms with Crippen LogP contribution in [0.4, 0.5) is 14.9 Å². The number of ether oxygens (including phenoxy) is 2. The molecule has 1 aliphatic heterocycles. The van der Waals surface area contributed by atoms with E-state index in [4.69, 9.17) is 9.47 Å². The van der Waals surface area contributed by atoms with Crippen LogP contribution in [0.15, 0.2) is 41.4 Å². The number of rotatable bonds is 6. The first-order chi connectivity index (χ1) is 15.4. The quantitative estimate of drug-likeness (QED) is 0.668. The van der Waals surface area contributed by atoms with Gasteiger partial charge in [-0.25, -0.2) is 22.6 Å². The number of aromatic nitrogens is 1. The number of sulfone groups is 1. The van der Waals surface area contributed by atoms with Crippen LogP contribution >= 0.6 is 0 Å². The Hall–Kier alpha value is -2.88. The van der Waals surface area contributed by atoms with Crippen LogP contribution in [0.3, 0.4) is 0 Å². The first-order valence-corrected chi connectivity index (χ1v) is 12.6. The number of carbonyl (C=O) groups excluding carboxylic acids is 1. The molecule has 1 amide bonds. The number of hydrogen-bond acceptors (Lipinski definition) is 7. The maximum Gasteiger partial charge on any atom is 0.410 e. The largest absolute Gasteiger partial charge is 0.474 e. The second-order valence-electron chi connectivity index (χ2n) is 9.06. The van der Waals surface area contributed by atoms with E-state index in [0.29, 0.717) is 38.4 Å². The van der Waals surface area contributed by atoms with Crippen molar-refractivity contribution in [3.8, 4) is 5.88 Å². The van der Waals surface area contributed by atoms with Crippen LogP contribution in [0.5, 0.6) is 5.88 Å². The summed E-state index contributed by atoms with van der Waals surface area (Å²) in [7, 11) is -3.46. The zero-order valence-corrected chi connectivity index (χ0v) is 20.1. The summed E-state index contributed by atoms with van der Waals surface area (Å²) in [5.41, 5.74) is 0.504. The smallest absolute Gasteiger partial charge is 0.410 e. The summed E-state index contributed by atoms with van der Waals surface area (Å²) in [6.45, 7) is 6.97. The number of nitrogens with zero attached hydrogens (tertiary/aromatic N) is 2. The van der Waals surface area contributed by atoms with Crippen molar-refractivity contribution >= 4 is 21.6 Å². The molecule has 2 heterocycles. The van der Waals surface area contributed by atoms with Gasteiger partial charge in [0, 0.05) is 51.0 Å². The Morgan fingerprint density at radius 2 is 1.91 bits per heavy atom. The van der Waals surface area contributed by atoms with Gasteiger partial charge in [-0.3, -0.25) is 0 Å². The molecule has 0 saturated carbocycles. The predicted molar refractivity (Wildman–Crippen MR) is 123 cm³/mol. The van der Waals surface area contributed by atoms with Gasteiger partial charge in [0.25, 0.3) is 0 Å². The van der Waals surface area contributed by atoms with Gasteiger partial charge in [0.1, 0.15) is 17.5 Å². The third-order valence-electron chi connectivity index (χ3n) is 5.03. The summed E-state index contributed by atoms with van der Waals surface area (Å²) < 4.78 is 48.5. The zero-order valence-electron chi connectivity index (χ0n) is 19.3. The Balaban J connectivity index is 1.48. The highest BCUT2D eigenvalue weighted by Crippen LogP contribution is 2.21. The molecule has 1 fully saturated rings. The molecule has 1 aromatic carbocycles. The minimum atomic E-state index is -3.46. The number of amides is 1. The first kappa shape index (κ1) is 24.8. The Morgan fingerprint density at radius 1 is 1.21 bits per heavy atom. The summed E-state index contributed by atoms with van der Waals surface area (Å²) in [5.74, 6) is -0.151. The van der Waals surface area contributed by atoms with Gasteiger partial charge in [-0.1, -0.05) is 6.07 Å². The number of anilines is 1. The number of pyridine rings is 1. The van der Waals surface area contributed by atoms with Crippen LogP contribution < -0.4 is 10.1 Å². The molecule has 0 atom stereocenters. The normalized spacial score (nSPS) is 15.2. The fourth-order valence-electron chi connectivity index (χ4n) is 3.31. The van der Waals surface area contributed by atoms with E-state index in [9.17, 15) is 17.6 Å². The van der Waals surface area contributed by atoms with E-state index >= 15 is 0 Å². The van der Waals surface area contributed by atoms with Crippen LogP contribution in [-0.2, 0) is 21.1 Å². The number of halogens is 1. The fourth-order valence-corrected chi connectivity index (χ4v) is 3.94. The molecule has 0 spiro atoms. The number of nitrogens with one attached hydrogen (secondary N) is 1. The minimum absolute atomic E-state index is 0.0392. The summed E-state index contributed by atoms with van der Waals surface area (Å²) in [6.07, 6.45) is 3.70. The SMILES string of the molecule is CC(C)(C)OC(=O)N1CCC(Oc2ccc(CNc3ccc(S(C)(=O)=O)cc3F)cn2)CC1. The molecule has 2 aromatic rings. The third kappa shape index (κ3) is 7.31. The molecular formula is C23H30FN3O5S. The Bertz CT molecular complexity index is 1080. The third-order valence-corrected chi connectivity index (χ3v) is 6.14. The lowest BCUT2D eigenvalue weighted by atomic mass is 10.1. The maximum atomic E-state index is 14.2. The molecule has 0 bridgehead atoms. The van der Waals surface area contributed by atoms with E-state index < -0.39 is 21.3 Å². The Kier molecular flexibility index (Phi) is 7.46. The fraction of sp³-hybridized carbons (Fsp3) is 0.478. The average molecular weight is 480 g/mol. The van der Waals surface area contributed by atoms with Crippen molar-refractivity contribution in [2.24, 2.45) is 0 Å². The van der Waals surface area contributed by atoms with Gasteiger partial charge in [-0.2, -0.15) is 0 Å². The minimum Gasteiger partial charge on any atom is -0.474 e. The van der Waals surface area contributed by atoms with Gasteiger partial charge >= 0.3 is 6.09 Å². The highest BCUT2D eigenvalue weighted by molar-refractivity contribution is 7.90. The number of likely N-dealkylation sites (tertiary alicyclic amines) is 1. The first-order valence-electron chi connectivity index (χ1n) is 10.7. The number of hydrogen-bond donors (Lipinski definition) is 1. The molecule has 1 saturated heterocycles. The predicted octanol–water partition coefficient (Wildman–Crippen LogP) is 4.01. The Labute approximate surface area is 194 Å². The maximum absolute atomic E-state index is 14.2. The lowest BCUT2D eigenvalue weighted by Crippen LogP contribution is -2.44. The summed E-state index contributed by atoms with van der Waals surface area (Å²) in [6, 6.07) is 7.35. The van der Waals surface area contributed by atoms with Crippen molar-refractivity contribution in [2.45, 2.75) is 56.8 Å². The summed E-state index contributed by atoms with van der Waals surface area (Å²) >= 11 is 0. The van der Waals surface area contributed by atoms with Gasteiger partial charge in [-0.15, -0.1) is 0 Å². The van der Waals surface area contributed by atoms with E-state index in [1.165, 1.54) is 12.1 Å². The van der Waals surface area contributed by atoms with Crippen LogP contribution in [0.1, 0.15) is 39.2 Å². The average Bonchev–Trinajstić information content (AvgIpc) is 2.72. The summed E-state index contributed by atoms with van der Waals surface area (Å²) in [5, 5.41) is 2.94. The number of piperidine rings is 1. The standard InChI is InChI=1S/C23H30FN3O5S/c1-23(2,3)32-22(28)27-11-9-17(10-12-27)31-21-8-5-16(15-26-21)14-25-20-7-6-18(13-19(20)24)33(4,29)30/h5-8,13,15,17,25H,9-12,14H2,1-4H3. The van der Waals surface area contributed by atoms with Crippen molar-refractivity contribution in [3.63, 3.8) is 0 Å². The summed E-state index contributed by atoms with van der Waals surface area (Å²) in [4.78, 5) is 18.1. The van der Waals surface area contributed by atoms with Crippen molar-refractivity contribution in [3.05, 3.63) is 47.9 Å². The molecule has 8 nitrogen and oxygen atoms in total. The van der Waals surface area contributed by atoms with Crippen molar-refractivity contribution < 1.29 is 27.1 Å². The van der Waals surface area contributed by atoms with Gasteiger partial charge in [0.05, 0.1) is 10.6 Å². The van der Waals surface area contributed by atoms with Crippen molar-refractivity contribution in [2.75, 3.05) is 24.7 Å². The number of carbonyl (C=O) groups is 1. The van der Waals surface area contributed by atoms with Gasteiger partial charge < -0.3 is 19.7 Å². The van der Waals surface area contributed by atoms with E-state index in [0.717, 1.165) is 17.9 Å². The monoisotopic (exact) mass is 479 g/mol. The van der Waals surface area contributed by atoms with Gasteiger partial charge in [0.15, 0.2) is 9.84 Å². The van der Waals surface area contributed by atoms with Crippen molar-refractivity contribution in [1.29, 1.82) is 0 Å². The van der Waals surface area contributed by atoms with Crippen LogP contribution in [0.2, 0.25) is 0 Å². The van der Waals surface area contributed by atoms with Gasteiger partial charge in [-0.05, 0) is 44.5 Å². The van der Waals surface area contributed by atoms with E-state index in [1.807, 2.05) is 26.8 Å². The molecule has 0 aliphatic carbocycles. The molecule has 3 rings (SSSR count). The Morgan fingerprint density at radius 3 is 2.45 bits per heavy atom. The lowest BCUT2D eigenvalue weighted by molar-refractivity contribution is 0.0123. The molecule has 1 aliphatic rings. The second kappa shape index (κ2) is 9.94. The highest BCUT2D eigenvalue weighted by Gasteiger charge is 2.27. The van der Waals surface area contributed by atoms with Crippen molar-refractivity contribution in [1.82, 2.24) is 9.88 Å². The highest BCUT2D eigenvalue weighted by atomic mass is 32.2. The molecule has 180 valence electrons. The van der Waals surface area contributed by atoms with Crippen LogP contribution in [0.25, 0.3) is 0 Å². The molecular weight excluding hydrogens is 449 g/mol. The molecule has 10 heteroatoms. The van der Waals surface area contributed by atoms with E-state index in [-0.39, 0.29) is 22.8 Å². The molecule has 1 N–H and O–H groups in total. The van der Waals surface area contributed by atoms with E-state index in [2.05, 4.69) is 10.3 Å². The molecule has 33 heavy (non-hydrogen) atoms. The topological polar surface area (TPSA) is 97.8 Å². The van der Waals surface area contributed by atoms with Crippen LogP contribution in [0, 0.1) is 5.82 Å². The molecule has 1 aromatic heterocycles. The lowest BCUT2D eigenvalue weighted by Gasteiger charge is -2.33. The van der Waals surface area contributed by atoms with E-state index in [1.54, 1.807) is 17.2 Å². The molecule has 0 unspecified atom stereocenters.